The molecule has 0 fully saturated rings. The highest BCUT2D eigenvalue weighted by molar-refractivity contribution is 6.31. The molecular weight excluding hydrogens is 506 g/mol. The van der Waals surface area contributed by atoms with E-state index in [-0.39, 0.29) is 11.3 Å². The molecule has 0 aliphatic heterocycles. The minimum atomic E-state index is -0.428. The number of H-pyrrole nitrogens is 1. The normalized spacial score (nSPS) is 11.3. The van der Waals surface area contributed by atoms with E-state index in [9.17, 15) is 9.59 Å². The first-order chi connectivity index (χ1) is 19.1. The Balaban J connectivity index is 1.42. The number of aromatic amines is 1. The van der Waals surface area contributed by atoms with Crippen molar-refractivity contribution in [1.29, 1.82) is 0 Å². The van der Waals surface area contributed by atoms with Gasteiger partial charge in [0.15, 0.2) is 5.78 Å². The van der Waals surface area contributed by atoms with Crippen molar-refractivity contribution in [3.05, 3.63) is 105 Å². The number of pyridine rings is 1. The summed E-state index contributed by atoms with van der Waals surface area (Å²) < 4.78 is 5.88. The lowest BCUT2D eigenvalue weighted by atomic mass is 9.94. The largest absolute Gasteiger partial charge is 0.494 e. The second-order valence-electron chi connectivity index (χ2n) is 9.85. The van der Waals surface area contributed by atoms with Gasteiger partial charge in [0.1, 0.15) is 5.75 Å². The second-order valence-corrected chi connectivity index (χ2v) is 10.3. The van der Waals surface area contributed by atoms with Crippen molar-refractivity contribution in [3.63, 3.8) is 0 Å². The summed E-state index contributed by atoms with van der Waals surface area (Å²) in [5.74, 6) is 0.447. The molecule has 0 amide bonds. The van der Waals surface area contributed by atoms with Crippen molar-refractivity contribution in [3.8, 4) is 16.9 Å². The zero-order chi connectivity index (χ0) is 27.5. The summed E-state index contributed by atoms with van der Waals surface area (Å²) in [7, 11) is 0. The SMILES string of the molecule is CCCCCCCCCCOc1ccc(C=CC(=O)c2c(-c3ccccc3)c3cc(Cl)ccc3[nH]c2=O)cc1. The highest BCUT2D eigenvalue weighted by Gasteiger charge is 2.19. The molecule has 3 aromatic carbocycles. The van der Waals surface area contributed by atoms with Crippen molar-refractivity contribution in [2.24, 2.45) is 0 Å². The number of hydrogen-bond donors (Lipinski definition) is 1. The molecule has 0 aliphatic rings. The number of hydrogen-bond acceptors (Lipinski definition) is 3. The Labute approximate surface area is 235 Å². The summed E-state index contributed by atoms with van der Waals surface area (Å²) in [6, 6.07) is 22.4. The molecule has 0 saturated heterocycles. The van der Waals surface area contributed by atoms with E-state index in [2.05, 4.69) is 11.9 Å². The molecule has 0 bridgehead atoms. The van der Waals surface area contributed by atoms with E-state index in [1.54, 1.807) is 24.3 Å². The maximum absolute atomic E-state index is 13.4. The van der Waals surface area contributed by atoms with Gasteiger partial charge >= 0.3 is 0 Å². The topological polar surface area (TPSA) is 59.2 Å². The fourth-order valence-electron chi connectivity index (χ4n) is 4.76. The predicted octanol–water partition coefficient (Wildman–Crippen LogP) is 9.26. The second kappa shape index (κ2) is 14.5. The van der Waals surface area contributed by atoms with Crippen molar-refractivity contribution in [1.82, 2.24) is 4.98 Å². The fourth-order valence-corrected chi connectivity index (χ4v) is 4.93. The van der Waals surface area contributed by atoms with Crippen LogP contribution in [-0.4, -0.2) is 17.4 Å². The highest BCUT2D eigenvalue weighted by atomic mass is 35.5. The van der Waals surface area contributed by atoms with Crippen LogP contribution in [0, 0.1) is 0 Å². The molecule has 4 nitrogen and oxygen atoms in total. The van der Waals surface area contributed by atoms with Gasteiger partial charge in [-0.25, -0.2) is 0 Å². The van der Waals surface area contributed by atoms with Gasteiger partial charge < -0.3 is 9.72 Å². The lowest BCUT2D eigenvalue weighted by molar-refractivity contribution is 0.104. The first kappa shape index (κ1) is 28.4. The molecule has 0 radical (unpaired) electrons. The van der Waals surface area contributed by atoms with E-state index in [0.29, 0.717) is 22.7 Å². The molecule has 1 heterocycles. The molecule has 39 heavy (non-hydrogen) atoms. The van der Waals surface area contributed by atoms with E-state index >= 15 is 0 Å². The smallest absolute Gasteiger partial charge is 0.260 e. The van der Waals surface area contributed by atoms with E-state index < -0.39 is 5.56 Å². The van der Waals surface area contributed by atoms with Gasteiger partial charge in [-0.3, -0.25) is 9.59 Å². The quantitative estimate of drug-likeness (QED) is 0.0982. The van der Waals surface area contributed by atoms with Crippen LogP contribution in [-0.2, 0) is 0 Å². The number of rotatable bonds is 14. The van der Waals surface area contributed by atoms with E-state index in [1.165, 1.54) is 51.0 Å². The zero-order valence-electron chi connectivity index (χ0n) is 22.5. The number of carbonyl (C=O) groups is 1. The number of nitrogens with one attached hydrogen (secondary N) is 1. The molecule has 0 saturated carbocycles. The van der Waals surface area contributed by atoms with Crippen LogP contribution in [0.4, 0.5) is 0 Å². The van der Waals surface area contributed by atoms with Crippen LogP contribution in [0.15, 0.2) is 83.7 Å². The van der Waals surface area contributed by atoms with E-state index in [0.717, 1.165) is 28.7 Å². The number of ether oxygens (including phenoxy) is 1. The average Bonchev–Trinajstić information content (AvgIpc) is 2.95. The highest BCUT2D eigenvalue weighted by Crippen LogP contribution is 2.31. The van der Waals surface area contributed by atoms with Gasteiger partial charge in [0, 0.05) is 21.5 Å². The molecule has 4 rings (SSSR count). The molecule has 202 valence electrons. The van der Waals surface area contributed by atoms with Gasteiger partial charge in [0.25, 0.3) is 5.56 Å². The first-order valence-corrected chi connectivity index (χ1v) is 14.3. The Morgan fingerprint density at radius 1 is 0.872 bits per heavy atom. The van der Waals surface area contributed by atoms with Crippen molar-refractivity contribution < 1.29 is 9.53 Å². The molecule has 0 aliphatic carbocycles. The maximum Gasteiger partial charge on any atom is 0.260 e. The molecule has 0 unspecified atom stereocenters. The number of benzene rings is 3. The van der Waals surface area contributed by atoms with Gasteiger partial charge in [-0.1, -0.05) is 112 Å². The Bertz CT molecular complexity index is 1460. The Kier molecular flexibility index (Phi) is 10.6. The third-order valence-corrected chi connectivity index (χ3v) is 7.09. The molecule has 5 heteroatoms. The van der Waals surface area contributed by atoms with Gasteiger partial charge in [-0.15, -0.1) is 0 Å². The van der Waals surface area contributed by atoms with Gasteiger partial charge in [-0.05, 0) is 54.0 Å². The Morgan fingerprint density at radius 3 is 2.28 bits per heavy atom. The molecule has 0 spiro atoms. The number of allylic oxidation sites excluding steroid dienone is 1. The number of aromatic nitrogens is 1. The summed E-state index contributed by atoms with van der Waals surface area (Å²) in [6.07, 6.45) is 13.3. The van der Waals surface area contributed by atoms with Crippen LogP contribution in [0.3, 0.4) is 0 Å². The van der Waals surface area contributed by atoms with Crippen molar-refractivity contribution in [2.75, 3.05) is 6.61 Å². The minimum absolute atomic E-state index is 0.0949. The third kappa shape index (κ3) is 7.93. The molecule has 1 N–H and O–H groups in total. The van der Waals surface area contributed by atoms with Gasteiger partial charge in [-0.2, -0.15) is 0 Å². The summed E-state index contributed by atoms with van der Waals surface area (Å²) in [5.41, 5.74) is 2.51. The molecule has 0 atom stereocenters. The van der Waals surface area contributed by atoms with Gasteiger partial charge in [0.05, 0.1) is 12.2 Å². The van der Waals surface area contributed by atoms with Crippen LogP contribution >= 0.6 is 11.6 Å². The number of carbonyl (C=O) groups excluding carboxylic acids is 1. The van der Waals surface area contributed by atoms with Crippen LogP contribution < -0.4 is 10.3 Å². The standard InChI is InChI=1S/C34H36ClNO3/c1-2-3-4-5-6-7-8-12-23-39-28-19-15-25(16-20-28)17-22-31(37)33-32(26-13-10-9-11-14-26)29-24-27(35)18-21-30(29)36-34(33)38/h9-11,13-22,24H,2-8,12,23H2,1H3,(H,36,38). The van der Waals surface area contributed by atoms with Crippen LogP contribution in [0.25, 0.3) is 28.1 Å². The summed E-state index contributed by atoms with van der Waals surface area (Å²) in [4.78, 5) is 29.3. The van der Waals surface area contributed by atoms with Crippen LogP contribution in [0.5, 0.6) is 5.75 Å². The molecule has 4 aromatic rings. The summed E-state index contributed by atoms with van der Waals surface area (Å²) >= 11 is 6.28. The van der Waals surface area contributed by atoms with Gasteiger partial charge in [0.2, 0.25) is 0 Å². The maximum atomic E-state index is 13.4. The van der Waals surface area contributed by atoms with E-state index in [4.69, 9.17) is 16.3 Å². The van der Waals surface area contributed by atoms with Crippen LogP contribution in [0.2, 0.25) is 5.02 Å². The van der Waals surface area contributed by atoms with Crippen molar-refractivity contribution >= 4 is 34.4 Å². The minimum Gasteiger partial charge on any atom is -0.494 e. The number of unbranched alkanes of at least 4 members (excludes halogenated alkanes) is 7. The molecular formula is C34H36ClNO3. The first-order valence-electron chi connectivity index (χ1n) is 13.9. The zero-order valence-corrected chi connectivity index (χ0v) is 23.3. The summed E-state index contributed by atoms with van der Waals surface area (Å²) in [5, 5.41) is 1.26. The molecule has 1 aromatic heterocycles. The van der Waals surface area contributed by atoms with Crippen molar-refractivity contribution in [2.45, 2.75) is 58.3 Å². The summed E-state index contributed by atoms with van der Waals surface area (Å²) in [6.45, 7) is 2.95. The Hall–Kier alpha value is -3.63. The number of ketones is 1. The number of fused-ring (bicyclic) bond motifs is 1. The third-order valence-electron chi connectivity index (χ3n) is 6.86. The van der Waals surface area contributed by atoms with Crippen LogP contribution in [0.1, 0.15) is 74.2 Å². The van der Waals surface area contributed by atoms with E-state index in [1.807, 2.05) is 54.6 Å². The average molecular weight is 542 g/mol. The lowest BCUT2D eigenvalue weighted by Gasteiger charge is -2.11. The fraction of sp³-hybridized carbons (Fsp3) is 0.294. The Morgan fingerprint density at radius 2 is 1.56 bits per heavy atom. The lowest BCUT2D eigenvalue weighted by Crippen LogP contribution is -2.18. The number of halogens is 1. The monoisotopic (exact) mass is 541 g/mol. The predicted molar refractivity (Wildman–Crippen MR) is 163 cm³/mol.